The molecule has 1 aromatic carbocycles. The second-order valence-electron chi connectivity index (χ2n) is 3.51. The third-order valence-electron chi connectivity index (χ3n) is 2.48. The van der Waals surface area contributed by atoms with E-state index in [9.17, 15) is 9.50 Å². The number of aromatic nitrogens is 1. The topological polar surface area (TPSA) is 42.4 Å². The van der Waals surface area contributed by atoms with Gasteiger partial charge in [0.2, 0.25) is 0 Å². The minimum Gasteiger partial charge on any atom is -0.496 e. The van der Waals surface area contributed by atoms with Crippen molar-refractivity contribution in [3.05, 3.63) is 59.7 Å². The summed E-state index contributed by atoms with van der Waals surface area (Å²) < 4.78 is 18.6. The molecule has 0 amide bonds. The van der Waals surface area contributed by atoms with Crippen LogP contribution in [0.4, 0.5) is 4.39 Å². The SMILES string of the molecule is COc1ccccc1C(O)c1ncccc1F. The zero-order chi connectivity index (χ0) is 12.3. The van der Waals surface area contributed by atoms with Gasteiger partial charge >= 0.3 is 0 Å². The van der Waals surface area contributed by atoms with Crippen LogP contribution in [0.3, 0.4) is 0 Å². The van der Waals surface area contributed by atoms with Gasteiger partial charge in [0, 0.05) is 11.8 Å². The molecule has 0 fully saturated rings. The lowest BCUT2D eigenvalue weighted by Crippen LogP contribution is -2.06. The first-order valence-corrected chi connectivity index (χ1v) is 5.15. The van der Waals surface area contributed by atoms with Gasteiger partial charge in [0.15, 0.2) is 0 Å². The molecule has 0 radical (unpaired) electrons. The first kappa shape index (κ1) is 11.5. The van der Waals surface area contributed by atoms with Crippen LogP contribution in [-0.4, -0.2) is 17.2 Å². The monoisotopic (exact) mass is 233 g/mol. The maximum Gasteiger partial charge on any atom is 0.147 e. The first-order valence-electron chi connectivity index (χ1n) is 5.15. The van der Waals surface area contributed by atoms with Crippen LogP contribution in [-0.2, 0) is 0 Å². The summed E-state index contributed by atoms with van der Waals surface area (Å²) >= 11 is 0. The number of ether oxygens (including phenoxy) is 1. The molecule has 1 aromatic heterocycles. The highest BCUT2D eigenvalue weighted by molar-refractivity contribution is 5.38. The van der Waals surface area contributed by atoms with Gasteiger partial charge in [0.05, 0.1) is 7.11 Å². The summed E-state index contributed by atoms with van der Waals surface area (Å²) in [6, 6.07) is 9.66. The standard InChI is InChI=1S/C13H12FNO2/c1-17-11-7-3-2-5-9(11)13(16)12-10(14)6-4-8-15-12/h2-8,13,16H,1H3. The Bertz CT molecular complexity index is 516. The highest BCUT2D eigenvalue weighted by Gasteiger charge is 2.19. The Morgan fingerprint density at radius 1 is 1.24 bits per heavy atom. The molecular formula is C13H12FNO2. The molecule has 0 aliphatic carbocycles. The van der Waals surface area contributed by atoms with Gasteiger partial charge in [-0.25, -0.2) is 4.39 Å². The summed E-state index contributed by atoms with van der Waals surface area (Å²) in [5.41, 5.74) is 0.490. The normalized spacial score (nSPS) is 12.2. The van der Waals surface area contributed by atoms with Crippen molar-refractivity contribution in [3.8, 4) is 5.75 Å². The maximum atomic E-state index is 13.5. The van der Waals surface area contributed by atoms with Gasteiger partial charge in [-0.3, -0.25) is 4.98 Å². The number of hydrogen-bond acceptors (Lipinski definition) is 3. The quantitative estimate of drug-likeness (QED) is 0.884. The van der Waals surface area contributed by atoms with Crippen LogP contribution in [0.15, 0.2) is 42.6 Å². The average Bonchev–Trinajstić information content (AvgIpc) is 2.38. The van der Waals surface area contributed by atoms with Crippen molar-refractivity contribution in [1.82, 2.24) is 4.98 Å². The molecule has 1 heterocycles. The summed E-state index contributed by atoms with van der Waals surface area (Å²) in [7, 11) is 1.50. The van der Waals surface area contributed by atoms with Crippen LogP contribution in [0.25, 0.3) is 0 Å². The lowest BCUT2D eigenvalue weighted by atomic mass is 10.0. The van der Waals surface area contributed by atoms with E-state index < -0.39 is 11.9 Å². The van der Waals surface area contributed by atoms with E-state index >= 15 is 0 Å². The molecule has 0 spiro atoms. The fourth-order valence-electron chi connectivity index (χ4n) is 1.64. The number of methoxy groups -OCH3 is 1. The van der Waals surface area contributed by atoms with Crippen LogP contribution in [0.1, 0.15) is 17.4 Å². The van der Waals surface area contributed by atoms with Crippen molar-refractivity contribution in [3.63, 3.8) is 0 Å². The number of pyridine rings is 1. The van der Waals surface area contributed by atoms with Crippen molar-refractivity contribution in [2.24, 2.45) is 0 Å². The Morgan fingerprint density at radius 2 is 2.00 bits per heavy atom. The molecule has 4 heteroatoms. The highest BCUT2D eigenvalue weighted by Crippen LogP contribution is 2.29. The zero-order valence-electron chi connectivity index (χ0n) is 9.30. The summed E-state index contributed by atoms with van der Waals surface area (Å²) in [6.07, 6.45) is 0.309. The predicted octanol–water partition coefficient (Wildman–Crippen LogP) is 2.31. The van der Waals surface area contributed by atoms with Gasteiger partial charge in [-0.05, 0) is 18.2 Å². The van der Waals surface area contributed by atoms with Gasteiger partial charge < -0.3 is 9.84 Å². The molecular weight excluding hydrogens is 221 g/mol. The Kier molecular flexibility index (Phi) is 3.35. The second-order valence-corrected chi connectivity index (χ2v) is 3.51. The molecule has 17 heavy (non-hydrogen) atoms. The Labute approximate surface area is 98.5 Å². The number of aliphatic hydroxyl groups is 1. The van der Waals surface area contributed by atoms with Crippen LogP contribution < -0.4 is 4.74 Å². The molecule has 1 N–H and O–H groups in total. The average molecular weight is 233 g/mol. The molecule has 1 unspecified atom stereocenters. The van der Waals surface area contributed by atoms with Crippen molar-refractivity contribution < 1.29 is 14.2 Å². The largest absolute Gasteiger partial charge is 0.496 e. The third-order valence-corrected chi connectivity index (χ3v) is 2.48. The van der Waals surface area contributed by atoms with Gasteiger partial charge in [-0.1, -0.05) is 18.2 Å². The smallest absolute Gasteiger partial charge is 0.147 e. The Morgan fingerprint density at radius 3 is 2.71 bits per heavy atom. The van der Waals surface area contributed by atoms with E-state index in [2.05, 4.69) is 4.98 Å². The molecule has 0 saturated heterocycles. The lowest BCUT2D eigenvalue weighted by molar-refractivity contribution is 0.204. The molecule has 2 rings (SSSR count). The summed E-state index contributed by atoms with van der Waals surface area (Å²) in [4.78, 5) is 3.85. The molecule has 0 bridgehead atoms. The van der Waals surface area contributed by atoms with Crippen molar-refractivity contribution >= 4 is 0 Å². The molecule has 0 saturated carbocycles. The molecule has 1 atom stereocenters. The minimum absolute atomic E-state index is 0.00278. The van der Waals surface area contributed by atoms with Crippen molar-refractivity contribution in [2.45, 2.75) is 6.10 Å². The minimum atomic E-state index is -1.13. The number of halogens is 1. The van der Waals surface area contributed by atoms with Gasteiger partial charge in [0.25, 0.3) is 0 Å². The zero-order valence-corrected chi connectivity index (χ0v) is 9.30. The van der Waals surface area contributed by atoms with E-state index in [4.69, 9.17) is 4.74 Å². The lowest BCUT2D eigenvalue weighted by Gasteiger charge is -2.14. The third kappa shape index (κ3) is 2.26. The molecule has 2 aromatic rings. The fraction of sp³-hybridized carbons (Fsp3) is 0.154. The Balaban J connectivity index is 2.44. The summed E-state index contributed by atoms with van der Waals surface area (Å²) in [5.74, 6) is -0.0315. The Hall–Kier alpha value is -1.94. The molecule has 0 aliphatic heterocycles. The van der Waals surface area contributed by atoms with Crippen molar-refractivity contribution in [1.29, 1.82) is 0 Å². The number of hydrogen-bond donors (Lipinski definition) is 1. The van der Waals surface area contributed by atoms with E-state index in [1.165, 1.54) is 25.4 Å². The van der Waals surface area contributed by atoms with E-state index in [1.54, 1.807) is 24.3 Å². The van der Waals surface area contributed by atoms with Crippen LogP contribution in [0, 0.1) is 5.82 Å². The van der Waals surface area contributed by atoms with E-state index in [1.807, 2.05) is 0 Å². The van der Waals surface area contributed by atoms with E-state index in [0.29, 0.717) is 11.3 Å². The second kappa shape index (κ2) is 4.93. The predicted molar refractivity (Wildman–Crippen MR) is 61.3 cm³/mol. The number of aliphatic hydroxyl groups excluding tert-OH is 1. The molecule has 88 valence electrons. The summed E-state index contributed by atoms with van der Waals surface area (Å²) in [5, 5.41) is 10.1. The fourth-order valence-corrected chi connectivity index (χ4v) is 1.64. The van der Waals surface area contributed by atoms with E-state index in [-0.39, 0.29) is 5.69 Å². The number of para-hydroxylation sites is 1. The number of rotatable bonds is 3. The van der Waals surface area contributed by atoms with Gasteiger partial charge in [-0.2, -0.15) is 0 Å². The van der Waals surface area contributed by atoms with Gasteiger partial charge in [0.1, 0.15) is 23.4 Å². The van der Waals surface area contributed by atoms with Crippen LogP contribution >= 0.6 is 0 Å². The number of benzene rings is 1. The van der Waals surface area contributed by atoms with Crippen LogP contribution in [0.2, 0.25) is 0 Å². The van der Waals surface area contributed by atoms with Gasteiger partial charge in [-0.15, -0.1) is 0 Å². The highest BCUT2D eigenvalue weighted by atomic mass is 19.1. The molecule has 0 aliphatic rings. The first-order chi connectivity index (χ1) is 8.24. The summed E-state index contributed by atoms with van der Waals surface area (Å²) in [6.45, 7) is 0. The number of nitrogens with zero attached hydrogens (tertiary/aromatic N) is 1. The van der Waals surface area contributed by atoms with Crippen LogP contribution in [0.5, 0.6) is 5.75 Å². The van der Waals surface area contributed by atoms with Crippen molar-refractivity contribution in [2.75, 3.05) is 7.11 Å². The van der Waals surface area contributed by atoms with E-state index in [0.717, 1.165) is 0 Å². The molecule has 3 nitrogen and oxygen atoms in total. The maximum absolute atomic E-state index is 13.5.